The van der Waals surface area contributed by atoms with Gasteiger partial charge in [-0.25, -0.2) is 0 Å². The molecule has 0 unspecified atom stereocenters. The molecule has 0 aliphatic heterocycles. The topological polar surface area (TPSA) is 0 Å². The van der Waals surface area contributed by atoms with Gasteiger partial charge in [0.2, 0.25) is 0 Å². The van der Waals surface area contributed by atoms with E-state index in [1.54, 1.807) is 0 Å². The highest BCUT2D eigenvalue weighted by molar-refractivity contribution is 6.31. The lowest BCUT2D eigenvalue weighted by Gasteiger charge is -2.19. The Morgan fingerprint density at radius 2 is 1.35 bits per heavy atom. The van der Waals surface area contributed by atoms with Crippen LogP contribution in [0.1, 0.15) is 56.2 Å². The van der Waals surface area contributed by atoms with E-state index in [0.29, 0.717) is 0 Å². The van der Waals surface area contributed by atoms with Crippen LogP contribution in [0.2, 0.25) is 5.02 Å². The molecule has 0 bridgehead atoms. The molecule has 1 rings (SSSR count). The van der Waals surface area contributed by atoms with Crippen LogP contribution in [0.25, 0.3) is 0 Å². The molecule has 0 aliphatic rings. The van der Waals surface area contributed by atoms with Crippen LogP contribution < -0.4 is 0 Å². The molecule has 0 heterocycles. The summed E-state index contributed by atoms with van der Waals surface area (Å²) in [6.45, 7) is 7.67. The Balaban J connectivity index is 3.46. The molecule has 4 heteroatoms. The van der Waals surface area contributed by atoms with Crippen molar-refractivity contribution in [2.75, 3.05) is 0 Å². The summed E-state index contributed by atoms with van der Waals surface area (Å²) < 4.78 is 38.2. The monoisotopic (exact) mass is 264 g/mol. The van der Waals surface area contributed by atoms with E-state index >= 15 is 0 Å². The van der Waals surface area contributed by atoms with E-state index in [-0.39, 0.29) is 16.9 Å². The maximum Gasteiger partial charge on any atom is 0.417 e. The number of rotatable bonds is 2. The van der Waals surface area contributed by atoms with Crippen molar-refractivity contribution in [1.29, 1.82) is 0 Å². The summed E-state index contributed by atoms with van der Waals surface area (Å²) in [5, 5.41) is -0.217. The first-order valence-electron chi connectivity index (χ1n) is 5.55. The molecule has 0 aliphatic carbocycles. The van der Waals surface area contributed by atoms with E-state index in [0.717, 1.165) is 11.1 Å². The van der Waals surface area contributed by atoms with Gasteiger partial charge in [0.25, 0.3) is 0 Å². The summed E-state index contributed by atoms with van der Waals surface area (Å²) in [5.41, 5.74) is 0.863. The highest BCUT2D eigenvalue weighted by Gasteiger charge is 2.34. The number of benzene rings is 1. The van der Waals surface area contributed by atoms with E-state index in [1.165, 1.54) is 12.1 Å². The number of hydrogen-bond acceptors (Lipinski definition) is 0. The summed E-state index contributed by atoms with van der Waals surface area (Å²) in [4.78, 5) is 0. The summed E-state index contributed by atoms with van der Waals surface area (Å²) in [6, 6.07) is 2.63. The van der Waals surface area contributed by atoms with Crippen LogP contribution in [0.4, 0.5) is 13.2 Å². The van der Waals surface area contributed by atoms with Crippen LogP contribution in [-0.4, -0.2) is 0 Å². The SMILES string of the molecule is CC(C)c1cc(Cl)c(C(F)(F)F)cc1C(C)C. The quantitative estimate of drug-likeness (QED) is 0.652. The van der Waals surface area contributed by atoms with Crippen molar-refractivity contribution in [3.05, 3.63) is 33.8 Å². The van der Waals surface area contributed by atoms with Crippen LogP contribution >= 0.6 is 11.6 Å². The van der Waals surface area contributed by atoms with Gasteiger partial charge in [-0.1, -0.05) is 39.3 Å². The van der Waals surface area contributed by atoms with Gasteiger partial charge in [-0.05, 0) is 35.1 Å². The van der Waals surface area contributed by atoms with Gasteiger partial charge >= 0.3 is 6.18 Å². The number of alkyl halides is 3. The van der Waals surface area contributed by atoms with Crippen molar-refractivity contribution in [2.24, 2.45) is 0 Å². The van der Waals surface area contributed by atoms with E-state index in [4.69, 9.17) is 11.6 Å². The predicted octanol–water partition coefficient (Wildman–Crippen LogP) is 5.61. The Labute approximate surface area is 105 Å². The predicted molar refractivity (Wildman–Crippen MR) is 64.6 cm³/mol. The highest BCUT2D eigenvalue weighted by Crippen LogP contribution is 2.39. The van der Waals surface area contributed by atoms with Gasteiger partial charge in [0, 0.05) is 0 Å². The molecule has 0 radical (unpaired) electrons. The number of halogens is 4. The van der Waals surface area contributed by atoms with Gasteiger partial charge in [0.05, 0.1) is 10.6 Å². The van der Waals surface area contributed by atoms with Gasteiger partial charge in [0.1, 0.15) is 0 Å². The third kappa shape index (κ3) is 3.15. The molecule has 0 fully saturated rings. The van der Waals surface area contributed by atoms with E-state index in [9.17, 15) is 13.2 Å². The first kappa shape index (κ1) is 14.4. The molecule has 96 valence electrons. The minimum atomic E-state index is -4.39. The van der Waals surface area contributed by atoms with Crippen LogP contribution in [0.3, 0.4) is 0 Å². The Kier molecular flexibility index (Phi) is 4.13. The van der Waals surface area contributed by atoms with Crippen molar-refractivity contribution in [1.82, 2.24) is 0 Å². The zero-order chi connectivity index (χ0) is 13.4. The number of hydrogen-bond donors (Lipinski definition) is 0. The Hall–Kier alpha value is -0.700. The molecule has 0 amide bonds. The fraction of sp³-hybridized carbons (Fsp3) is 0.538. The normalized spacial score (nSPS) is 12.6. The second-order valence-corrected chi connectivity index (χ2v) is 5.18. The molecule has 0 aromatic heterocycles. The molecule has 17 heavy (non-hydrogen) atoms. The van der Waals surface area contributed by atoms with E-state index in [1.807, 2.05) is 27.7 Å². The fourth-order valence-electron chi connectivity index (χ4n) is 1.82. The lowest BCUT2D eigenvalue weighted by molar-refractivity contribution is -0.137. The van der Waals surface area contributed by atoms with Crippen molar-refractivity contribution >= 4 is 11.6 Å². The summed E-state index contributed by atoms with van der Waals surface area (Å²) in [6.07, 6.45) is -4.39. The Morgan fingerprint density at radius 1 is 0.941 bits per heavy atom. The minimum absolute atomic E-state index is 0.0470. The second-order valence-electron chi connectivity index (χ2n) is 4.77. The van der Waals surface area contributed by atoms with Crippen molar-refractivity contribution in [3.8, 4) is 0 Å². The highest BCUT2D eigenvalue weighted by atomic mass is 35.5. The summed E-state index contributed by atoms with van der Waals surface area (Å²) >= 11 is 5.71. The van der Waals surface area contributed by atoms with Crippen molar-refractivity contribution in [3.63, 3.8) is 0 Å². The Bertz CT molecular complexity index is 406. The second kappa shape index (κ2) is 4.89. The van der Waals surface area contributed by atoms with Crippen LogP contribution in [0.5, 0.6) is 0 Å². The molecule has 0 saturated heterocycles. The first-order valence-corrected chi connectivity index (χ1v) is 5.93. The van der Waals surface area contributed by atoms with Gasteiger partial charge in [0.15, 0.2) is 0 Å². The van der Waals surface area contributed by atoms with E-state index < -0.39 is 11.7 Å². The molecule has 1 aromatic carbocycles. The first-order chi connectivity index (χ1) is 7.64. The lowest BCUT2D eigenvalue weighted by Crippen LogP contribution is -2.09. The molecular formula is C13H16ClF3. The van der Waals surface area contributed by atoms with Crippen LogP contribution in [0.15, 0.2) is 12.1 Å². The van der Waals surface area contributed by atoms with Crippen LogP contribution in [0, 0.1) is 0 Å². The smallest absolute Gasteiger partial charge is 0.166 e. The minimum Gasteiger partial charge on any atom is -0.166 e. The van der Waals surface area contributed by atoms with Crippen LogP contribution in [-0.2, 0) is 6.18 Å². The average molecular weight is 265 g/mol. The van der Waals surface area contributed by atoms with Gasteiger partial charge in [-0.3, -0.25) is 0 Å². The van der Waals surface area contributed by atoms with E-state index in [2.05, 4.69) is 0 Å². The molecule has 1 aromatic rings. The molecule has 0 nitrogen and oxygen atoms in total. The summed E-state index contributed by atoms with van der Waals surface area (Å²) in [7, 11) is 0. The standard InChI is InChI=1S/C13H16ClF3/c1-7(2)9-5-11(13(15,16)17)12(14)6-10(9)8(3)4/h5-8H,1-4H3. The largest absolute Gasteiger partial charge is 0.417 e. The third-order valence-electron chi connectivity index (χ3n) is 2.72. The summed E-state index contributed by atoms with van der Waals surface area (Å²) in [5.74, 6) is 0.206. The Morgan fingerprint density at radius 3 is 1.71 bits per heavy atom. The average Bonchev–Trinajstić information content (AvgIpc) is 2.14. The zero-order valence-corrected chi connectivity index (χ0v) is 11.1. The maximum atomic E-state index is 12.7. The molecule has 0 saturated carbocycles. The van der Waals surface area contributed by atoms with Gasteiger partial charge in [-0.2, -0.15) is 13.2 Å². The molecule has 0 atom stereocenters. The maximum absolute atomic E-state index is 12.7. The lowest BCUT2D eigenvalue weighted by atomic mass is 9.89. The van der Waals surface area contributed by atoms with Gasteiger partial charge < -0.3 is 0 Å². The molecular weight excluding hydrogens is 249 g/mol. The zero-order valence-electron chi connectivity index (χ0n) is 10.3. The third-order valence-corrected chi connectivity index (χ3v) is 3.03. The molecule has 0 spiro atoms. The molecule has 0 N–H and O–H groups in total. The van der Waals surface area contributed by atoms with Crippen molar-refractivity contribution in [2.45, 2.75) is 45.7 Å². The van der Waals surface area contributed by atoms with Crippen molar-refractivity contribution < 1.29 is 13.2 Å². The van der Waals surface area contributed by atoms with Gasteiger partial charge in [-0.15, -0.1) is 0 Å². The fourth-order valence-corrected chi connectivity index (χ4v) is 2.10.